The van der Waals surface area contributed by atoms with Crippen molar-refractivity contribution in [2.45, 2.75) is 51.5 Å². The summed E-state index contributed by atoms with van der Waals surface area (Å²) in [6.45, 7) is 2.67. The molecular weight excluding hydrogens is 344 g/mol. The third kappa shape index (κ3) is 4.79. The van der Waals surface area contributed by atoms with Crippen LogP contribution in [0, 0.1) is 0 Å². The molecule has 1 aliphatic carbocycles. The highest BCUT2D eigenvalue weighted by molar-refractivity contribution is 6.31. The van der Waals surface area contributed by atoms with Gasteiger partial charge in [0.2, 0.25) is 0 Å². The molecule has 0 heterocycles. The van der Waals surface area contributed by atoms with Gasteiger partial charge in [-0.05, 0) is 66.8 Å². The summed E-state index contributed by atoms with van der Waals surface area (Å²) in [5, 5.41) is 6.80. The summed E-state index contributed by atoms with van der Waals surface area (Å²) in [6, 6.07) is 14.4. The van der Waals surface area contributed by atoms with E-state index in [1.165, 1.54) is 36.0 Å². The van der Waals surface area contributed by atoms with Crippen molar-refractivity contribution in [2.75, 3.05) is 6.54 Å². The first-order chi connectivity index (χ1) is 12.7. The van der Waals surface area contributed by atoms with Gasteiger partial charge < -0.3 is 10.6 Å². The first-order valence-electron chi connectivity index (χ1n) is 9.57. The van der Waals surface area contributed by atoms with Gasteiger partial charge in [0.05, 0.1) is 6.04 Å². The standard InChI is InChI=1S/C22H27ClN2O/c1-2-21(19-12-11-16-7-3-4-9-18(16)15-19)25-22(26)24-14-13-17-8-5-6-10-20(17)23/h5-6,8,10-12,15,21H,2-4,7,9,13-14H2,1H3,(H2,24,25,26). The first-order valence-corrected chi connectivity index (χ1v) is 9.94. The minimum Gasteiger partial charge on any atom is -0.338 e. The summed E-state index contributed by atoms with van der Waals surface area (Å²) in [6.07, 6.45) is 6.49. The van der Waals surface area contributed by atoms with E-state index >= 15 is 0 Å². The number of amides is 2. The topological polar surface area (TPSA) is 41.1 Å². The molecule has 138 valence electrons. The zero-order chi connectivity index (χ0) is 18.4. The molecule has 2 aromatic rings. The number of carbonyl (C=O) groups excluding carboxylic acids is 1. The molecule has 2 aromatic carbocycles. The van der Waals surface area contributed by atoms with Crippen molar-refractivity contribution in [3.8, 4) is 0 Å². The van der Waals surface area contributed by atoms with Gasteiger partial charge in [-0.15, -0.1) is 0 Å². The average molecular weight is 371 g/mol. The summed E-state index contributed by atoms with van der Waals surface area (Å²) in [4.78, 5) is 12.3. The van der Waals surface area contributed by atoms with Crippen LogP contribution < -0.4 is 10.6 Å². The Morgan fingerprint density at radius 3 is 2.65 bits per heavy atom. The average Bonchev–Trinajstić information content (AvgIpc) is 2.67. The molecule has 0 spiro atoms. The minimum absolute atomic E-state index is 0.0440. The Balaban J connectivity index is 1.54. The van der Waals surface area contributed by atoms with Crippen LogP contribution in [0.2, 0.25) is 5.02 Å². The van der Waals surface area contributed by atoms with Crippen molar-refractivity contribution in [1.29, 1.82) is 0 Å². The molecule has 4 heteroatoms. The van der Waals surface area contributed by atoms with E-state index in [0.29, 0.717) is 6.54 Å². The Bertz CT molecular complexity index is 760. The second-order valence-corrected chi connectivity index (χ2v) is 7.34. The van der Waals surface area contributed by atoms with E-state index in [0.717, 1.165) is 29.8 Å². The number of hydrogen-bond acceptors (Lipinski definition) is 1. The lowest BCUT2D eigenvalue weighted by Gasteiger charge is -2.22. The predicted octanol–water partition coefficient (Wildman–Crippen LogP) is 5.21. The van der Waals surface area contributed by atoms with E-state index in [-0.39, 0.29) is 12.1 Å². The van der Waals surface area contributed by atoms with Crippen LogP contribution in [0.15, 0.2) is 42.5 Å². The number of hydrogen-bond donors (Lipinski definition) is 2. The molecule has 2 N–H and O–H groups in total. The number of rotatable bonds is 6. The monoisotopic (exact) mass is 370 g/mol. The van der Waals surface area contributed by atoms with Crippen molar-refractivity contribution >= 4 is 17.6 Å². The fraction of sp³-hybridized carbons (Fsp3) is 0.409. The van der Waals surface area contributed by atoms with Crippen molar-refractivity contribution in [3.05, 3.63) is 69.7 Å². The lowest BCUT2D eigenvalue weighted by molar-refractivity contribution is 0.237. The van der Waals surface area contributed by atoms with E-state index < -0.39 is 0 Å². The molecule has 1 aliphatic rings. The highest BCUT2D eigenvalue weighted by Gasteiger charge is 2.16. The van der Waals surface area contributed by atoms with Crippen LogP contribution in [-0.2, 0) is 19.3 Å². The van der Waals surface area contributed by atoms with E-state index in [9.17, 15) is 4.79 Å². The van der Waals surface area contributed by atoms with Crippen molar-refractivity contribution in [3.63, 3.8) is 0 Å². The van der Waals surface area contributed by atoms with E-state index in [4.69, 9.17) is 11.6 Å². The quantitative estimate of drug-likeness (QED) is 0.719. The summed E-state index contributed by atoms with van der Waals surface area (Å²) in [5.41, 5.74) is 5.18. The number of nitrogens with one attached hydrogen (secondary N) is 2. The van der Waals surface area contributed by atoms with Gasteiger partial charge in [-0.1, -0.05) is 54.9 Å². The third-order valence-corrected chi connectivity index (χ3v) is 5.49. The molecule has 3 nitrogen and oxygen atoms in total. The lowest BCUT2D eigenvalue weighted by Crippen LogP contribution is -2.38. The Kier molecular flexibility index (Phi) is 6.56. The maximum absolute atomic E-state index is 12.3. The molecule has 0 radical (unpaired) electrons. The molecular formula is C22H27ClN2O. The Morgan fingerprint density at radius 2 is 1.88 bits per heavy atom. The second-order valence-electron chi connectivity index (χ2n) is 6.94. The van der Waals surface area contributed by atoms with Gasteiger partial charge in [-0.2, -0.15) is 0 Å². The molecule has 0 fully saturated rings. The zero-order valence-corrected chi connectivity index (χ0v) is 16.1. The fourth-order valence-electron chi connectivity index (χ4n) is 3.61. The molecule has 0 saturated heterocycles. The van der Waals surface area contributed by atoms with E-state index in [2.05, 4.69) is 35.8 Å². The number of benzene rings is 2. The Labute approximate surface area is 161 Å². The maximum Gasteiger partial charge on any atom is 0.315 e. The summed E-state index contributed by atoms with van der Waals surface area (Å²) in [5.74, 6) is 0. The maximum atomic E-state index is 12.3. The largest absolute Gasteiger partial charge is 0.338 e. The normalized spacial score (nSPS) is 14.4. The molecule has 0 saturated carbocycles. The van der Waals surface area contributed by atoms with E-state index in [1.54, 1.807) is 0 Å². The molecule has 0 aromatic heterocycles. The van der Waals surface area contributed by atoms with Gasteiger partial charge >= 0.3 is 6.03 Å². The van der Waals surface area contributed by atoms with Crippen LogP contribution in [0.3, 0.4) is 0 Å². The van der Waals surface area contributed by atoms with Crippen LogP contribution >= 0.6 is 11.6 Å². The van der Waals surface area contributed by atoms with Crippen LogP contribution in [-0.4, -0.2) is 12.6 Å². The Morgan fingerprint density at radius 1 is 1.12 bits per heavy atom. The number of carbonyl (C=O) groups is 1. The Hall–Kier alpha value is -2.00. The van der Waals surface area contributed by atoms with Gasteiger partial charge in [0.25, 0.3) is 0 Å². The van der Waals surface area contributed by atoms with Crippen LogP contribution in [0.25, 0.3) is 0 Å². The zero-order valence-electron chi connectivity index (χ0n) is 15.4. The van der Waals surface area contributed by atoms with Crippen molar-refractivity contribution < 1.29 is 4.79 Å². The number of halogens is 1. The van der Waals surface area contributed by atoms with Crippen LogP contribution in [0.1, 0.15) is 54.5 Å². The summed E-state index contributed by atoms with van der Waals surface area (Å²) in [7, 11) is 0. The lowest BCUT2D eigenvalue weighted by atomic mass is 9.89. The predicted molar refractivity (Wildman–Crippen MR) is 108 cm³/mol. The van der Waals surface area contributed by atoms with Crippen LogP contribution in [0.5, 0.6) is 0 Å². The summed E-state index contributed by atoms with van der Waals surface area (Å²) >= 11 is 6.16. The molecule has 3 rings (SSSR count). The fourth-order valence-corrected chi connectivity index (χ4v) is 3.84. The van der Waals surface area contributed by atoms with Gasteiger partial charge in [0.15, 0.2) is 0 Å². The molecule has 2 amide bonds. The number of urea groups is 1. The highest BCUT2D eigenvalue weighted by Crippen LogP contribution is 2.26. The third-order valence-electron chi connectivity index (χ3n) is 5.13. The SMILES string of the molecule is CCC(NC(=O)NCCc1ccccc1Cl)c1ccc2c(c1)CCCC2. The van der Waals surface area contributed by atoms with Crippen molar-refractivity contribution in [2.24, 2.45) is 0 Å². The summed E-state index contributed by atoms with van der Waals surface area (Å²) < 4.78 is 0. The van der Waals surface area contributed by atoms with Gasteiger partial charge in [-0.3, -0.25) is 0 Å². The smallest absolute Gasteiger partial charge is 0.315 e. The molecule has 0 bridgehead atoms. The van der Waals surface area contributed by atoms with E-state index in [1.807, 2.05) is 24.3 Å². The second kappa shape index (κ2) is 9.09. The first kappa shape index (κ1) is 18.8. The van der Waals surface area contributed by atoms with Gasteiger partial charge in [-0.25, -0.2) is 4.79 Å². The number of fused-ring (bicyclic) bond motifs is 1. The molecule has 26 heavy (non-hydrogen) atoms. The minimum atomic E-state index is -0.123. The van der Waals surface area contributed by atoms with Crippen LogP contribution in [0.4, 0.5) is 4.79 Å². The number of aryl methyl sites for hydroxylation is 2. The highest BCUT2D eigenvalue weighted by atomic mass is 35.5. The van der Waals surface area contributed by atoms with Crippen molar-refractivity contribution in [1.82, 2.24) is 10.6 Å². The molecule has 0 aliphatic heterocycles. The molecule has 1 atom stereocenters. The molecule has 1 unspecified atom stereocenters. The van der Waals surface area contributed by atoms with Gasteiger partial charge in [0.1, 0.15) is 0 Å². The van der Waals surface area contributed by atoms with Gasteiger partial charge in [0, 0.05) is 11.6 Å².